The molecule has 0 bridgehead atoms. The van der Waals surface area contributed by atoms with E-state index >= 15 is 0 Å². The first-order valence-corrected chi connectivity index (χ1v) is 18.5. The number of hydrogen-bond donors (Lipinski definition) is 1. The number of rotatable bonds is 15. The third-order valence-corrected chi connectivity index (χ3v) is 12.3. The summed E-state index contributed by atoms with van der Waals surface area (Å²) in [4.78, 5) is 0.0684. The first kappa shape index (κ1) is 35.1. The number of sulfonamides is 1. The molecule has 0 saturated heterocycles. The third kappa shape index (κ3) is 8.51. The Morgan fingerprint density at radius 3 is 1.76 bits per heavy atom. The topological polar surface area (TPSA) is 76.1 Å². The zero-order valence-electron chi connectivity index (χ0n) is 27.1. The predicted octanol–water partition coefficient (Wildman–Crippen LogP) is 5.72. The Morgan fingerprint density at radius 2 is 1.30 bits per heavy atom. The van der Waals surface area contributed by atoms with Crippen molar-refractivity contribution in [2.45, 2.75) is 56.9 Å². The van der Waals surface area contributed by atoms with Crippen molar-refractivity contribution in [3.05, 3.63) is 146 Å². The van der Waals surface area contributed by atoms with E-state index < -0.39 is 42.2 Å². The van der Waals surface area contributed by atoms with E-state index in [1.54, 1.807) is 19.1 Å². The van der Waals surface area contributed by atoms with Crippen LogP contribution in [0.15, 0.2) is 145 Å². The van der Waals surface area contributed by atoms with Crippen LogP contribution in [0.3, 0.4) is 0 Å². The second kappa shape index (κ2) is 15.2. The molecule has 242 valence electrons. The van der Waals surface area contributed by atoms with Gasteiger partial charge in [-0.25, -0.2) is 8.42 Å². The highest BCUT2D eigenvalue weighted by Crippen LogP contribution is 2.37. The van der Waals surface area contributed by atoms with Crippen molar-refractivity contribution in [2.24, 2.45) is 5.41 Å². The Kier molecular flexibility index (Phi) is 11.6. The molecule has 4 aromatic rings. The number of ether oxygens (including phenoxy) is 1. The fraction of sp³-hybridized carbons (Fsp3) is 0.263. The van der Waals surface area contributed by atoms with Crippen LogP contribution in [0.25, 0.3) is 0 Å². The lowest BCUT2D eigenvalue weighted by atomic mass is 9.78. The molecule has 0 fully saturated rings. The number of benzene rings is 4. The van der Waals surface area contributed by atoms with Gasteiger partial charge in [0.1, 0.15) is 12.4 Å². The van der Waals surface area contributed by atoms with Crippen LogP contribution in [0.5, 0.6) is 5.75 Å². The van der Waals surface area contributed by atoms with Gasteiger partial charge in [-0.1, -0.05) is 124 Å². The molecule has 0 amide bonds. The van der Waals surface area contributed by atoms with Crippen LogP contribution in [-0.2, 0) is 21.1 Å². The van der Waals surface area contributed by atoms with Crippen LogP contribution in [0, 0.1) is 5.41 Å². The van der Waals surface area contributed by atoms with Crippen LogP contribution in [0.4, 0.5) is 0 Å². The molecule has 0 heterocycles. The van der Waals surface area contributed by atoms with Gasteiger partial charge < -0.3 is 14.3 Å². The van der Waals surface area contributed by atoms with E-state index in [2.05, 4.69) is 13.2 Å². The van der Waals surface area contributed by atoms with E-state index in [4.69, 9.17) is 9.16 Å². The lowest BCUT2D eigenvalue weighted by Gasteiger charge is -2.48. The summed E-state index contributed by atoms with van der Waals surface area (Å²) in [6.45, 7) is 15.7. The Bertz CT molecular complexity index is 1620. The SMILES string of the molecule is C=CCN(C(C(O[SiH](c1ccccc1)c1ccccc1)C(C)(C)C)C(C)(O)C=C)S(=O)(=O)c1ccc(OCc2ccccc2)cc1. The Hall–Kier alpha value is -3.79. The highest BCUT2D eigenvalue weighted by molar-refractivity contribution is 7.89. The van der Waals surface area contributed by atoms with Gasteiger partial charge in [0.25, 0.3) is 0 Å². The zero-order chi connectivity index (χ0) is 33.4. The van der Waals surface area contributed by atoms with Crippen molar-refractivity contribution in [1.82, 2.24) is 4.31 Å². The van der Waals surface area contributed by atoms with Gasteiger partial charge in [0, 0.05) is 6.54 Å². The number of nitrogens with zero attached hydrogens (tertiary/aromatic N) is 1. The van der Waals surface area contributed by atoms with Gasteiger partial charge in [-0.15, -0.1) is 13.2 Å². The third-order valence-electron chi connectivity index (χ3n) is 7.94. The van der Waals surface area contributed by atoms with Gasteiger partial charge in [-0.05, 0) is 52.5 Å². The van der Waals surface area contributed by atoms with E-state index in [1.807, 2.05) is 112 Å². The molecule has 46 heavy (non-hydrogen) atoms. The van der Waals surface area contributed by atoms with Crippen LogP contribution in [0.1, 0.15) is 33.3 Å². The standard InChI is InChI=1S/C38H45NO5SSi/c1-7-28-39(45(41,42)32-26-24-31(25-27-32)43-29-30-18-12-9-13-19-30)35(38(6,40)8-2)36(37(3,4)5)44-46(33-20-14-10-15-21-33)34-22-16-11-17-23-34/h7-27,35-36,40,46H,1-2,28-29H2,3-6H3. The molecule has 1 N–H and O–H groups in total. The van der Waals surface area contributed by atoms with E-state index in [0.29, 0.717) is 12.4 Å². The molecular weight excluding hydrogens is 611 g/mol. The van der Waals surface area contributed by atoms with Gasteiger partial charge in [0.05, 0.1) is 22.6 Å². The Morgan fingerprint density at radius 1 is 0.804 bits per heavy atom. The number of hydrogen-bond acceptors (Lipinski definition) is 5. The largest absolute Gasteiger partial charge is 0.489 e. The molecule has 8 heteroatoms. The van der Waals surface area contributed by atoms with Gasteiger partial charge in [-0.3, -0.25) is 0 Å². The number of aliphatic hydroxyl groups is 1. The van der Waals surface area contributed by atoms with E-state index in [-0.39, 0.29) is 11.4 Å². The average Bonchev–Trinajstić information content (AvgIpc) is 3.05. The molecule has 0 aromatic heterocycles. The minimum Gasteiger partial charge on any atom is -0.489 e. The highest BCUT2D eigenvalue weighted by atomic mass is 32.2. The minimum atomic E-state index is -4.18. The first-order chi connectivity index (χ1) is 21.9. The molecule has 4 rings (SSSR count). The maximum atomic E-state index is 14.5. The summed E-state index contributed by atoms with van der Waals surface area (Å²) >= 11 is 0. The smallest absolute Gasteiger partial charge is 0.243 e. The summed E-state index contributed by atoms with van der Waals surface area (Å²) in [5.74, 6) is 0.545. The summed E-state index contributed by atoms with van der Waals surface area (Å²) in [7, 11) is -6.56. The van der Waals surface area contributed by atoms with E-state index in [1.165, 1.54) is 28.6 Å². The molecule has 4 aromatic carbocycles. The fourth-order valence-corrected chi connectivity index (χ4v) is 9.81. The summed E-state index contributed by atoms with van der Waals surface area (Å²) in [5, 5.41) is 14.0. The fourth-order valence-electron chi connectivity index (χ4n) is 5.45. The predicted molar refractivity (Wildman–Crippen MR) is 190 cm³/mol. The molecule has 0 aliphatic carbocycles. The van der Waals surface area contributed by atoms with Crippen molar-refractivity contribution < 1.29 is 22.7 Å². The Balaban J connectivity index is 1.76. The molecule has 0 radical (unpaired) electrons. The van der Waals surface area contributed by atoms with Gasteiger partial charge in [-0.2, -0.15) is 4.31 Å². The molecule has 0 saturated carbocycles. The molecule has 3 unspecified atom stereocenters. The Labute approximate surface area is 276 Å². The van der Waals surface area contributed by atoms with Gasteiger partial charge in [0.2, 0.25) is 19.1 Å². The van der Waals surface area contributed by atoms with Crippen LogP contribution < -0.4 is 15.1 Å². The maximum Gasteiger partial charge on any atom is 0.243 e. The van der Waals surface area contributed by atoms with Crippen LogP contribution in [0.2, 0.25) is 0 Å². The normalized spacial score (nSPS) is 14.8. The molecule has 3 atom stereocenters. The van der Waals surface area contributed by atoms with Crippen LogP contribution >= 0.6 is 0 Å². The lowest BCUT2D eigenvalue weighted by molar-refractivity contribution is -0.0581. The molecular formula is C38H45NO5SSi. The minimum absolute atomic E-state index is 0.0535. The van der Waals surface area contributed by atoms with Crippen molar-refractivity contribution in [1.29, 1.82) is 0 Å². The summed E-state index contributed by atoms with van der Waals surface area (Å²) in [5.41, 5.74) is -1.26. The summed E-state index contributed by atoms with van der Waals surface area (Å²) in [6, 6.07) is 35.1. The summed E-state index contributed by atoms with van der Waals surface area (Å²) in [6.07, 6.45) is 2.18. The molecule has 0 spiro atoms. The first-order valence-electron chi connectivity index (χ1n) is 15.4. The quantitative estimate of drug-likeness (QED) is 0.131. The maximum absolute atomic E-state index is 14.5. The lowest BCUT2D eigenvalue weighted by Crippen LogP contribution is -2.64. The molecule has 0 aliphatic heterocycles. The second-order valence-corrected chi connectivity index (χ2v) is 16.9. The van der Waals surface area contributed by atoms with Crippen molar-refractivity contribution in [2.75, 3.05) is 6.54 Å². The monoisotopic (exact) mass is 655 g/mol. The van der Waals surface area contributed by atoms with Crippen molar-refractivity contribution in [3.63, 3.8) is 0 Å². The average molecular weight is 656 g/mol. The molecule has 0 aliphatic rings. The van der Waals surface area contributed by atoms with Crippen LogP contribution in [-0.4, -0.2) is 51.2 Å². The van der Waals surface area contributed by atoms with Gasteiger partial charge >= 0.3 is 0 Å². The highest BCUT2D eigenvalue weighted by Gasteiger charge is 2.50. The van der Waals surface area contributed by atoms with Crippen molar-refractivity contribution >= 4 is 29.4 Å². The van der Waals surface area contributed by atoms with E-state index in [0.717, 1.165) is 15.9 Å². The van der Waals surface area contributed by atoms with Crippen molar-refractivity contribution in [3.8, 4) is 5.75 Å². The van der Waals surface area contributed by atoms with Gasteiger partial charge in [0.15, 0.2) is 0 Å². The second-order valence-electron chi connectivity index (χ2n) is 12.6. The van der Waals surface area contributed by atoms with E-state index in [9.17, 15) is 13.5 Å². The molecule has 6 nitrogen and oxygen atoms in total. The summed E-state index contributed by atoms with van der Waals surface area (Å²) < 4.78 is 43.4. The zero-order valence-corrected chi connectivity index (χ0v) is 29.1.